The molecule has 1 aromatic carbocycles. The van der Waals surface area contributed by atoms with Gasteiger partial charge < -0.3 is 14.5 Å². The van der Waals surface area contributed by atoms with Gasteiger partial charge in [0, 0.05) is 18.7 Å². The van der Waals surface area contributed by atoms with Gasteiger partial charge in [-0.15, -0.1) is 10.2 Å². The Morgan fingerprint density at radius 3 is 2.73 bits per heavy atom. The lowest BCUT2D eigenvalue weighted by molar-refractivity contribution is -0.113. The van der Waals surface area contributed by atoms with Gasteiger partial charge in [-0.25, -0.2) is 0 Å². The van der Waals surface area contributed by atoms with E-state index in [1.165, 1.54) is 11.8 Å². The van der Waals surface area contributed by atoms with Gasteiger partial charge in [0.1, 0.15) is 11.6 Å². The number of rotatable bonds is 7. The molecule has 0 aliphatic heterocycles. The molecule has 0 fully saturated rings. The Morgan fingerprint density at radius 2 is 2.08 bits per heavy atom. The van der Waals surface area contributed by atoms with Gasteiger partial charge in [-0.05, 0) is 38.1 Å². The summed E-state index contributed by atoms with van der Waals surface area (Å²) in [6.07, 6.45) is 0. The van der Waals surface area contributed by atoms with Crippen molar-refractivity contribution in [1.29, 1.82) is 0 Å². The molecular formula is C17H19N5O3S. The van der Waals surface area contributed by atoms with Crippen LogP contribution in [-0.4, -0.2) is 38.2 Å². The molecule has 0 spiro atoms. The van der Waals surface area contributed by atoms with Crippen LogP contribution in [0.1, 0.15) is 12.6 Å². The summed E-state index contributed by atoms with van der Waals surface area (Å²) in [6.45, 7) is 4.41. The van der Waals surface area contributed by atoms with E-state index in [1.54, 1.807) is 17.8 Å². The quantitative estimate of drug-likeness (QED) is 0.636. The molecule has 8 nitrogen and oxygen atoms in total. The molecule has 0 atom stereocenters. The number of benzene rings is 1. The predicted molar refractivity (Wildman–Crippen MR) is 98.2 cm³/mol. The molecular weight excluding hydrogens is 354 g/mol. The molecule has 3 rings (SSSR count). The van der Waals surface area contributed by atoms with Crippen LogP contribution in [0.2, 0.25) is 0 Å². The van der Waals surface area contributed by atoms with E-state index in [1.807, 2.05) is 38.1 Å². The first-order chi connectivity index (χ1) is 12.5. The Bertz CT molecular complexity index is 888. The number of nitrogens with one attached hydrogen (secondary N) is 1. The van der Waals surface area contributed by atoms with E-state index in [0.717, 1.165) is 17.0 Å². The first-order valence-electron chi connectivity index (χ1n) is 8.05. The molecule has 26 heavy (non-hydrogen) atoms. The highest BCUT2D eigenvalue weighted by Gasteiger charge is 2.12. The fourth-order valence-electron chi connectivity index (χ4n) is 2.28. The number of aryl methyl sites for hydroxylation is 2. The highest BCUT2D eigenvalue weighted by Crippen LogP contribution is 2.25. The molecule has 0 aliphatic carbocycles. The minimum absolute atomic E-state index is 0.162. The van der Waals surface area contributed by atoms with Crippen LogP contribution in [0.5, 0.6) is 5.75 Å². The van der Waals surface area contributed by atoms with Crippen molar-refractivity contribution in [3.8, 4) is 17.2 Å². The predicted octanol–water partition coefficient (Wildman–Crippen LogP) is 2.91. The second kappa shape index (κ2) is 8.05. The minimum Gasteiger partial charge on any atom is -0.494 e. The normalized spacial score (nSPS) is 10.7. The molecule has 1 N–H and O–H groups in total. The molecule has 0 saturated carbocycles. The van der Waals surface area contributed by atoms with Gasteiger partial charge in [0.05, 0.1) is 18.1 Å². The maximum atomic E-state index is 12.0. The number of anilines is 1. The van der Waals surface area contributed by atoms with Gasteiger partial charge in [0.2, 0.25) is 11.8 Å². The van der Waals surface area contributed by atoms with Crippen LogP contribution >= 0.6 is 11.8 Å². The third-order valence-electron chi connectivity index (χ3n) is 3.41. The van der Waals surface area contributed by atoms with Crippen LogP contribution in [0, 0.1) is 6.92 Å². The number of aromatic nitrogens is 4. The van der Waals surface area contributed by atoms with E-state index in [-0.39, 0.29) is 11.7 Å². The number of ether oxygens (including phenoxy) is 1. The van der Waals surface area contributed by atoms with Crippen LogP contribution in [0.3, 0.4) is 0 Å². The lowest BCUT2D eigenvalue weighted by Crippen LogP contribution is -2.16. The SMILES string of the molecule is CCOc1ccc(-c2nnc(SCC(=O)Nc3cc(C)nn3C)o2)cc1. The fraction of sp³-hybridized carbons (Fsp3) is 0.294. The average molecular weight is 373 g/mol. The first kappa shape index (κ1) is 18.0. The van der Waals surface area contributed by atoms with Crippen molar-refractivity contribution in [2.45, 2.75) is 19.1 Å². The lowest BCUT2D eigenvalue weighted by atomic mass is 10.2. The number of carbonyl (C=O) groups excluding carboxylic acids is 1. The zero-order valence-corrected chi connectivity index (χ0v) is 15.5. The molecule has 9 heteroatoms. The molecule has 0 unspecified atom stereocenters. The van der Waals surface area contributed by atoms with E-state index < -0.39 is 0 Å². The van der Waals surface area contributed by atoms with Gasteiger partial charge in [0.15, 0.2) is 0 Å². The van der Waals surface area contributed by atoms with E-state index in [2.05, 4.69) is 20.6 Å². The largest absolute Gasteiger partial charge is 0.494 e. The summed E-state index contributed by atoms with van der Waals surface area (Å²) in [4.78, 5) is 12.0. The second-order valence-corrected chi connectivity index (χ2v) is 6.39. The maximum Gasteiger partial charge on any atom is 0.277 e. The standard InChI is InChI=1S/C17H19N5O3S/c1-4-24-13-7-5-12(6-8-13)16-19-20-17(25-16)26-10-15(23)18-14-9-11(2)21-22(14)3/h5-9H,4,10H2,1-3H3,(H,18,23). The molecule has 1 amide bonds. The van der Waals surface area contributed by atoms with Crippen molar-refractivity contribution in [2.75, 3.05) is 17.7 Å². The van der Waals surface area contributed by atoms with E-state index in [4.69, 9.17) is 9.15 Å². The molecule has 0 aliphatic rings. The molecule has 0 saturated heterocycles. The van der Waals surface area contributed by atoms with Crippen LogP contribution in [0.4, 0.5) is 5.82 Å². The Labute approximate surface area is 154 Å². The zero-order valence-electron chi connectivity index (χ0n) is 14.7. The molecule has 2 heterocycles. The Hall–Kier alpha value is -2.81. The number of nitrogens with zero attached hydrogens (tertiary/aromatic N) is 4. The van der Waals surface area contributed by atoms with E-state index in [0.29, 0.717) is 23.5 Å². The summed E-state index contributed by atoms with van der Waals surface area (Å²) in [6, 6.07) is 9.20. The minimum atomic E-state index is -0.168. The van der Waals surface area contributed by atoms with Gasteiger partial charge in [0.25, 0.3) is 5.22 Å². The smallest absolute Gasteiger partial charge is 0.277 e. The molecule has 136 valence electrons. The highest BCUT2D eigenvalue weighted by atomic mass is 32.2. The summed E-state index contributed by atoms with van der Waals surface area (Å²) in [5, 5.41) is 15.3. The van der Waals surface area contributed by atoms with E-state index in [9.17, 15) is 4.79 Å². The van der Waals surface area contributed by atoms with Crippen LogP contribution in [0.15, 0.2) is 40.0 Å². The summed E-state index contributed by atoms with van der Waals surface area (Å²) in [5.74, 6) is 1.83. The van der Waals surface area contributed by atoms with Crippen molar-refractivity contribution in [3.63, 3.8) is 0 Å². The monoisotopic (exact) mass is 373 g/mol. The lowest BCUT2D eigenvalue weighted by Gasteiger charge is -2.03. The molecule has 0 radical (unpaired) electrons. The third-order valence-corrected chi connectivity index (χ3v) is 4.23. The average Bonchev–Trinajstić information content (AvgIpc) is 3.21. The fourth-order valence-corrected chi connectivity index (χ4v) is 2.84. The van der Waals surface area contributed by atoms with Gasteiger partial charge in [-0.2, -0.15) is 5.10 Å². The molecule has 2 aromatic heterocycles. The number of hydrogen-bond acceptors (Lipinski definition) is 7. The van der Waals surface area contributed by atoms with Crippen molar-refractivity contribution in [1.82, 2.24) is 20.0 Å². The number of thioether (sulfide) groups is 1. The summed E-state index contributed by atoms with van der Waals surface area (Å²) in [5.41, 5.74) is 1.63. The number of amides is 1. The summed E-state index contributed by atoms with van der Waals surface area (Å²) >= 11 is 1.18. The van der Waals surface area contributed by atoms with Crippen molar-refractivity contribution >= 4 is 23.5 Å². The first-order valence-corrected chi connectivity index (χ1v) is 9.03. The zero-order chi connectivity index (χ0) is 18.5. The van der Waals surface area contributed by atoms with Crippen LogP contribution < -0.4 is 10.1 Å². The summed E-state index contributed by atoms with van der Waals surface area (Å²) < 4.78 is 12.6. The highest BCUT2D eigenvalue weighted by molar-refractivity contribution is 7.99. The second-order valence-electron chi connectivity index (χ2n) is 5.46. The van der Waals surface area contributed by atoms with Gasteiger partial charge in [-0.3, -0.25) is 9.48 Å². The summed E-state index contributed by atoms with van der Waals surface area (Å²) in [7, 11) is 1.77. The van der Waals surface area contributed by atoms with Gasteiger partial charge >= 0.3 is 0 Å². The van der Waals surface area contributed by atoms with Crippen molar-refractivity contribution in [3.05, 3.63) is 36.0 Å². The van der Waals surface area contributed by atoms with Crippen molar-refractivity contribution in [2.24, 2.45) is 7.05 Å². The molecule has 0 bridgehead atoms. The van der Waals surface area contributed by atoms with Crippen LogP contribution in [-0.2, 0) is 11.8 Å². The third kappa shape index (κ3) is 4.42. The Balaban J connectivity index is 1.56. The molecule has 3 aromatic rings. The van der Waals surface area contributed by atoms with E-state index >= 15 is 0 Å². The number of hydrogen-bond donors (Lipinski definition) is 1. The maximum absolute atomic E-state index is 12.0. The van der Waals surface area contributed by atoms with Crippen molar-refractivity contribution < 1.29 is 13.9 Å². The van der Waals surface area contributed by atoms with Crippen LogP contribution in [0.25, 0.3) is 11.5 Å². The topological polar surface area (TPSA) is 95.1 Å². The van der Waals surface area contributed by atoms with Gasteiger partial charge in [-0.1, -0.05) is 11.8 Å². The Kier molecular flexibility index (Phi) is 5.57. The number of carbonyl (C=O) groups is 1. The Morgan fingerprint density at radius 1 is 1.31 bits per heavy atom.